The third kappa shape index (κ3) is 6.64. The Labute approximate surface area is 147 Å². The number of alkyl halides is 2. The molecule has 132 valence electrons. The summed E-state index contributed by atoms with van der Waals surface area (Å²) in [4.78, 5) is 13.3. The maximum atomic E-state index is 11.2. The summed E-state index contributed by atoms with van der Waals surface area (Å²) >= 11 is -0.151. The van der Waals surface area contributed by atoms with Crippen molar-refractivity contribution >= 4 is 21.8 Å². The molecule has 0 saturated heterocycles. The van der Waals surface area contributed by atoms with Crippen molar-refractivity contribution < 1.29 is 44.1 Å². The molecule has 8 heteroatoms. The monoisotopic (exact) mass is 456 g/mol. The van der Waals surface area contributed by atoms with E-state index in [4.69, 9.17) is 9.66 Å². The van der Waals surface area contributed by atoms with Gasteiger partial charge in [-0.05, 0) is 0 Å². The molecule has 0 bridgehead atoms. The summed E-state index contributed by atoms with van der Waals surface area (Å²) in [7, 11) is -3.91. The first-order valence-corrected chi connectivity index (χ1v) is 12.0. The van der Waals surface area contributed by atoms with Crippen molar-refractivity contribution in [2.75, 3.05) is 22.5 Å². The number of aromatic carboxylic acids is 1. The summed E-state index contributed by atoms with van der Waals surface area (Å²) in [6.07, 6.45) is 0.972. The number of unbranched alkanes of at least 4 members (excludes halogenated alkanes) is 1. The molecule has 0 heterocycles. The topological polar surface area (TPSA) is 104 Å². The predicted molar refractivity (Wildman–Crippen MR) is 86.5 cm³/mol. The van der Waals surface area contributed by atoms with Gasteiger partial charge in [-0.3, -0.25) is 0 Å². The molecule has 0 saturated carbocycles. The van der Waals surface area contributed by atoms with Crippen molar-refractivity contribution in [2.45, 2.75) is 30.1 Å². The fraction of sp³-hybridized carbons (Fsp3) is 0.533. The summed E-state index contributed by atoms with van der Waals surface area (Å²) < 4.78 is 30.0. The van der Waals surface area contributed by atoms with Gasteiger partial charge in [0.2, 0.25) is 0 Å². The van der Waals surface area contributed by atoms with Crippen LogP contribution in [0.2, 0.25) is 0 Å². The number of anilines is 1. The maximum absolute atomic E-state index is 11.2. The third-order valence-electron chi connectivity index (χ3n) is 3.52. The first-order chi connectivity index (χ1) is 10.6. The third-order valence-corrected chi connectivity index (χ3v) is 7.61. The van der Waals surface area contributed by atoms with Gasteiger partial charge in [-0.15, -0.1) is 0 Å². The number of hydrogen-bond acceptors (Lipinski definition) is 4. The van der Waals surface area contributed by atoms with Gasteiger partial charge in [0.05, 0.1) is 0 Å². The molecule has 0 radical (unpaired) electrons. The second-order valence-corrected chi connectivity index (χ2v) is 11.0. The van der Waals surface area contributed by atoms with Crippen LogP contribution >= 0.6 is 0 Å². The van der Waals surface area contributed by atoms with E-state index in [1.807, 2.05) is 0 Å². The second kappa shape index (κ2) is 8.29. The Morgan fingerprint density at radius 2 is 1.96 bits per heavy atom. The van der Waals surface area contributed by atoms with Gasteiger partial charge in [0.1, 0.15) is 0 Å². The fourth-order valence-electron chi connectivity index (χ4n) is 2.06. The molecule has 0 aliphatic carbocycles. The van der Waals surface area contributed by atoms with Gasteiger partial charge in [-0.1, -0.05) is 0 Å². The Bertz CT molecular complexity index is 658. The van der Waals surface area contributed by atoms with Gasteiger partial charge in [0, 0.05) is 0 Å². The SMILES string of the molecule is C[I-]C(C)(C)c1cc(C(=O)O)ccc1NCCCCS(=O)(=O)O. The van der Waals surface area contributed by atoms with E-state index >= 15 is 0 Å². The standard InChI is InChI=1S/C15H23INO5S/c1-15(2,16-3)12-10-11(14(18)19)6-7-13(12)17-8-4-5-9-23(20,21)22/h6-7,10,17H,4-5,8-9H2,1-3H3,(H,18,19)(H,20,21,22)/q-1. The van der Waals surface area contributed by atoms with Crippen LogP contribution in [-0.4, -0.2) is 41.3 Å². The van der Waals surface area contributed by atoms with Crippen LogP contribution in [0, 0.1) is 0 Å². The van der Waals surface area contributed by atoms with E-state index in [9.17, 15) is 13.2 Å². The number of halogens is 1. The molecule has 3 N–H and O–H groups in total. The Morgan fingerprint density at radius 1 is 1.30 bits per heavy atom. The Morgan fingerprint density at radius 3 is 2.48 bits per heavy atom. The Balaban J connectivity index is 2.83. The molecule has 0 aromatic heterocycles. The molecule has 0 unspecified atom stereocenters. The zero-order chi connectivity index (χ0) is 17.7. The Kier molecular flexibility index (Phi) is 7.28. The number of carboxylic acids is 1. The van der Waals surface area contributed by atoms with Crippen molar-refractivity contribution in [3.05, 3.63) is 29.3 Å². The van der Waals surface area contributed by atoms with Crippen LogP contribution < -0.4 is 26.5 Å². The minimum absolute atomic E-state index is 0.0683. The molecule has 0 fully saturated rings. The number of benzene rings is 1. The number of carboxylic acid groups (broad SMARTS) is 1. The number of nitrogens with one attached hydrogen (secondary N) is 1. The molecule has 1 rings (SSSR count). The first kappa shape index (κ1) is 20.2. The first-order valence-electron chi connectivity index (χ1n) is 7.14. The number of hydrogen-bond donors (Lipinski definition) is 3. The van der Waals surface area contributed by atoms with E-state index in [-0.39, 0.29) is 35.9 Å². The van der Waals surface area contributed by atoms with E-state index in [2.05, 4.69) is 24.1 Å². The van der Waals surface area contributed by atoms with Crippen LogP contribution in [0.4, 0.5) is 5.69 Å². The van der Waals surface area contributed by atoms with Crippen molar-refractivity contribution in [2.24, 2.45) is 0 Å². The summed E-state index contributed by atoms with van der Waals surface area (Å²) in [6.45, 7) is 4.77. The van der Waals surface area contributed by atoms with Crippen LogP contribution in [0.25, 0.3) is 0 Å². The molecule has 23 heavy (non-hydrogen) atoms. The molecule has 1 aromatic carbocycles. The zero-order valence-electron chi connectivity index (χ0n) is 13.5. The minimum atomic E-state index is -3.91. The quantitative estimate of drug-likeness (QED) is 0.199. The van der Waals surface area contributed by atoms with Crippen molar-refractivity contribution in [1.29, 1.82) is 0 Å². The summed E-state index contributed by atoms with van der Waals surface area (Å²) in [6, 6.07) is 5.05. The molecule has 0 atom stereocenters. The molecule has 6 nitrogen and oxygen atoms in total. The zero-order valence-corrected chi connectivity index (χ0v) is 16.4. The van der Waals surface area contributed by atoms with Crippen LogP contribution in [-0.2, 0) is 13.5 Å². The summed E-state index contributed by atoms with van der Waals surface area (Å²) in [5.41, 5.74) is 2.12. The van der Waals surface area contributed by atoms with Crippen LogP contribution in [0.5, 0.6) is 0 Å². The van der Waals surface area contributed by atoms with E-state index in [0.29, 0.717) is 19.4 Å². The van der Waals surface area contributed by atoms with E-state index < -0.39 is 16.1 Å². The summed E-state index contributed by atoms with van der Waals surface area (Å²) in [5, 5.41) is 12.4. The number of carbonyl (C=O) groups is 1. The van der Waals surface area contributed by atoms with Gasteiger partial charge >= 0.3 is 148 Å². The van der Waals surface area contributed by atoms with Gasteiger partial charge in [-0.2, -0.15) is 0 Å². The molecule has 0 aliphatic heterocycles. The Hall–Kier alpha value is -0.870. The van der Waals surface area contributed by atoms with Crippen molar-refractivity contribution in [3.8, 4) is 0 Å². The van der Waals surface area contributed by atoms with E-state index in [1.165, 1.54) is 0 Å². The van der Waals surface area contributed by atoms with Crippen molar-refractivity contribution in [1.82, 2.24) is 0 Å². The van der Waals surface area contributed by atoms with Gasteiger partial charge in [0.15, 0.2) is 0 Å². The van der Waals surface area contributed by atoms with Gasteiger partial charge in [0.25, 0.3) is 0 Å². The number of rotatable bonds is 9. The van der Waals surface area contributed by atoms with E-state index in [1.54, 1.807) is 18.2 Å². The normalized spacial score (nSPS) is 12.3. The average molecular weight is 456 g/mol. The molecule has 0 aliphatic rings. The van der Waals surface area contributed by atoms with Gasteiger partial charge in [-0.25, -0.2) is 0 Å². The molecule has 0 amide bonds. The van der Waals surface area contributed by atoms with Crippen molar-refractivity contribution in [3.63, 3.8) is 0 Å². The fourth-order valence-corrected chi connectivity index (χ4v) is 3.65. The second-order valence-electron chi connectivity index (χ2n) is 5.65. The molecule has 0 spiro atoms. The van der Waals surface area contributed by atoms with Crippen LogP contribution in [0.15, 0.2) is 18.2 Å². The average Bonchev–Trinajstić information content (AvgIpc) is 2.45. The molecular weight excluding hydrogens is 433 g/mol. The molecular formula is C15H23INO5S-. The van der Waals surface area contributed by atoms with Crippen LogP contribution in [0.1, 0.15) is 42.6 Å². The van der Waals surface area contributed by atoms with Gasteiger partial charge < -0.3 is 0 Å². The summed E-state index contributed by atoms with van der Waals surface area (Å²) in [5.74, 6) is -1.19. The van der Waals surface area contributed by atoms with E-state index in [0.717, 1.165) is 11.3 Å². The predicted octanol–water partition coefficient (Wildman–Crippen LogP) is -0.581. The van der Waals surface area contributed by atoms with Crippen LogP contribution in [0.3, 0.4) is 0 Å². The molecule has 1 aromatic rings.